The van der Waals surface area contributed by atoms with E-state index >= 15 is 0 Å². The van der Waals surface area contributed by atoms with Gasteiger partial charge in [0.25, 0.3) is 5.91 Å². The van der Waals surface area contributed by atoms with Gasteiger partial charge in [-0.25, -0.2) is 8.42 Å². The first kappa shape index (κ1) is 21.3. The van der Waals surface area contributed by atoms with Gasteiger partial charge in [-0.15, -0.1) is 0 Å². The lowest BCUT2D eigenvalue weighted by Crippen LogP contribution is -2.38. The third-order valence-electron chi connectivity index (χ3n) is 5.69. The van der Waals surface area contributed by atoms with Crippen LogP contribution in [-0.2, 0) is 16.6 Å². The van der Waals surface area contributed by atoms with Gasteiger partial charge in [0.05, 0.1) is 17.7 Å². The van der Waals surface area contributed by atoms with E-state index in [4.69, 9.17) is 4.42 Å². The summed E-state index contributed by atoms with van der Waals surface area (Å²) < 4.78 is 33.0. The van der Waals surface area contributed by atoms with Gasteiger partial charge in [-0.1, -0.05) is 12.1 Å². The van der Waals surface area contributed by atoms with Crippen molar-refractivity contribution in [1.82, 2.24) is 19.8 Å². The fourth-order valence-electron chi connectivity index (χ4n) is 3.86. The maximum Gasteiger partial charge on any atom is 0.272 e. The van der Waals surface area contributed by atoms with Gasteiger partial charge in [-0.05, 0) is 62.1 Å². The number of piperidine rings is 1. The highest BCUT2D eigenvalue weighted by Gasteiger charge is 2.31. The standard InChI is InChI=1S/C22H26N4O4S/c1-15-5-6-16(2)21(12-15)31(28,29)26-9-7-17(8-10-26)19-13-20(25-24-19)22(27)23-14-18-4-3-11-30-18/h3-6,11-13,17H,7-10,14H2,1-2H3,(H,23,27)(H,24,25). The van der Waals surface area contributed by atoms with Crippen LogP contribution >= 0.6 is 0 Å². The first-order valence-corrected chi connectivity index (χ1v) is 11.7. The molecule has 2 N–H and O–H groups in total. The molecule has 1 amide bonds. The summed E-state index contributed by atoms with van der Waals surface area (Å²) in [4.78, 5) is 12.7. The van der Waals surface area contributed by atoms with Crippen molar-refractivity contribution in [2.45, 2.75) is 44.0 Å². The number of hydrogen-bond donors (Lipinski definition) is 2. The molecule has 2 aromatic heterocycles. The molecule has 0 aliphatic carbocycles. The first-order valence-electron chi connectivity index (χ1n) is 10.3. The number of hydrogen-bond acceptors (Lipinski definition) is 5. The van der Waals surface area contributed by atoms with Gasteiger partial charge in [-0.3, -0.25) is 9.89 Å². The van der Waals surface area contributed by atoms with Gasteiger partial charge < -0.3 is 9.73 Å². The number of aromatic nitrogens is 2. The summed E-state index contributed by atoms with van der Waals surface area (Å²) in [6.07, 6.45) is 2.89. The fourth-order valence-corrected chi connectivity index (χ4v) is 5.64. The molecule has 3 aromatic rings. The van der Waals surface area contributed by atoms with Gasteiger partial charge in [0.1, 0.15) is 11.5 Å². The molecule has 9 heteroatoms. The molecule has 0 atom stereocenters. The van der Waals surface area contributed by atoms with Gasteiger partial charge in [0, 0.05) is 24.7 Å². The number of benzene rings is 1. The van der Waals surface area contributed by atoms with Crippen molar-refractivity contribution in [1.29, 1.82) is 0 Å². The van der Waals surface area contributed by atoms with Crippen molar-refractivity contribution in [3.05, 3.63) is 70.9 Å². The quantitative estimate of drug-likeness (QED) is 0.610. The molecular weight excluding hydrogens is 416 g/mol. The number of sulfonamides is 1. The zero-order valence-corrected chi connectivity index (χ0v) is 18.4. The molecule has 31 heavy (non-hydrogen) atoms. The minimum absolute atomic E-state index is 0.129. The molecule has 1 aromatic carbocycles. The Bertz CT molecular complexity index is 1160. The van der Waals surface area contributed by atoms with E-state index in [9.17, 15) is 13.2 Å². The van der Waals surface area contributed by atoms with Crippen LogP contribution in [0.2, 0.25) is 0 Å². The van der Waals surface area contributed by atoms with Gasteiger partial charge >= 0.3 is 0 Å². The van der Waals surface area contributed by atoms with Gasteiger partial charge in [0.15, 0.2) is 0 Å². The Morgan fingerprint density at radius 2 is 2.00 bits per heavy atom. The maximum atomic E-state index is 13.1. The van der Waals surface area contributed by atoms with E-state index in [0.717, 1.165) is 16.8 Å². The Morgan fingerprint density at radius 3 is 2.71 bits per heavy atom. The van der Waals surface area contributed by atoms with Crippen LogP contribution < -0.4 is 5.32 Å². The topological polar surface area (TPSA) is 108 Å². The number of aromatic amines is 1. The Hall–Kier alpha value is -2.91. The first-order chi connectivity index (χ1) is 14.8. The lowest BCUT2D eigenvalue weighted by atomic mass is 9.94. The normalized spacial score (nSPS) is 15.8. The number of rotatable bonds is 6. The van der Waals surface area contributed by atoms with E-state index in [1.54, 1.807) is 34.8 Å². The minimum atomic E-state index is -3.52. The third-order valence-corrected chi connectivity index (χ3v) is 7.73. The molecule has 8 nitrogen and oxygen atoms in total. The van der Waals surface area contributed by atoms with Gasteiger partial charge in [-0.2, -0.15) is 9.40 Å². The summed E-state index contributed by atoms with van der Waals surface area (Å²) in [7, 11) is -3.52. The molecule has 164 valence electrons. The Morgan fingerprint density at radius 1 is 1.23 bits per heavy atom. The molecule has 0 saturated carbocycles. The number of nitrogens with zero attached hydrogens (tertiary/aromatic N) is 2. The molecule has 4 rings (SSSR count). The number of nitrogens with one attached hydrogen (secondary N) is 2. The monoisotopic (exact) mass is 442 g/mol. The van der Waals surface area contributed by atoms with Crippen molar-refractivity contribution in [2.24, 2.45) is 0 Å². The van der Waals surface area contributed by atoms with Crippen LogP contribution in [0, 0.1) is 13.8 Å². The molecular formula is C22H26N4O4S. The number of amides is 1. The molecule has 3 heterocycles. The highest BCUT2D eigenvalue weighted by molar-refractivity contribution is 7.89. The molecule has 1 aliphatic rings. The number of H-pyrrole nitrogens is 1. The Labute approximate surface area is 181 Å². The lowest BCUT2D eigenvalue weighted by Gasteiger charge is -2.31. The minimum Gasteiger partial charge on any atom is -0.467 e. The molecule has 0 unspecified atom stereocenters. The number of carbonyl (C=O) groups is 1. The van der Waals surface area contributed by atoms with Crippen LogP contribution in [0.4, 0.5) is 0 Å². The lowest BCUT2D eigenvalue weighted by molar-refractivity contribution is 0.0943. The number of aryl methyl sites for hydroxylation is 2. The summed E-state index contributed by atoms with van der Waals surface area (Å²) >= 11 is 0. The summed E-state index contributed by atoms with van der Waals surface area (Å²) in [6, 6.07) is 10.8. The molecule has 0 bridgehead atoms. The summed E-state index contributed by atoms with van der Waals surface area (Å²) in [6.45, 7) is 4.87. The van der Waals surface area contributed by atoms with Crippen molar-refractivity contribution >= 4 is 15.9 Å². The van der Waals surface area contributed by atoms with Crippen molar-refractivity contribution in [3.63, 3.8) is 0 Å². The Balaban J connectivity index is 1.38. The van der Waals surface area contributed by atoms with Crippen molar-refractivity contribution in [3.8, 4) is 0 Å². The second-order valence-corrected chi connectivity index (χ2v) is 9.82. The molecule has 0 spiro atoms. The third kappa shape index (κ3) is 4.57. The molecule has 1 fully saturated rings. The van der Waals surface area contributed by atoms with Crippen molar-refractivity contribution in [2.75, 3.05) is 13.1 Å². The zero-order valence-electron chi connectivity index (χ0n) is 17.6. The zero-order chi connectivity index (χ0) is 22.0. The van der Waals surface area contributed by atoms with Crippen LogP contribution in [0.25, 0.3) is 0 Å². The predicted octanol–water partition coefficient (Wildman–Crippen LogP) is 3.12. The highest BCUT2D eigenvalue weighted by Crippen LogP contribution is 2.31. The SMILES string of the molecule is Cc1ccc(C)c(S(=O)(=O)N2CCC(c3cc(C(=O)NCc4ccco4)n[nH]3)CC2)c1. The maximum absolute atomic E-state index is 13.1. The Kier molecular flexibility index (Phi) is 5.97. The molecule has 1 aliphatic heterocycles. The summed E-state index contributed by atoms with van der Waals surface area (Å²) in [5.41, 5.74) is 2.85. The second-order valence-electron chi connectivity index (χ2n) is 7.92. The molecule has 1 saturated heterocycles. The largest absolute Gasteiger partial charge is 0.467 e. The van der Waals surface area contributed by atoms with E-state index in [0.29, 0.717) is 48.8 Å². The van der Waals surface area contributed by atoms with Crippen LogP contribution in [-0.4, -0.2) is 41.9 Å². The highest BCUT2D eigenvalue weighted by atomic mass is 32.2. The summed E-state index contributed by atoms with van der Waals surface area (Å²) in [5, 5.41) is 9.85. The smallest absolute Gasteiger partial charge is 0.272 e. The van der Waals surface area contributed by atoms with Crippen LogP contribution in [0.5, 0.6) is 0 Å². The number of furan rings is 1. The van der Waals surface area contributed by atoms with Crippen LogP contribution in [0.1, 0.15) is 51.8 Å². The van der Waals surface area contributed by atoms with E-state index in [1.807, 2.05) is 26.0 Å². The van der Waals surface area contributed by atoms with Crippen molar-refractivity contribution < 1.29 is 17.6 Å². The second kappa shape index (κ2) is 8.68. The van der Waals surface area contributed by atoms with E-state index in [1.165, 1.54) is 0 Å². The molecule has 0 radical (unpaired) electrons. The average molecular weight is 443 g/mol. The van der Waals surface area contributed by atoms with Crippen LogP contribution in [0.15, 0.2) is 52.0 Å². The predicted molar refractivity (Wildman–Crippen MR) is 115 cm³/mol. The van der Waals surface area contributed by atoms with E-state index in [-0.39, 0.29) is 11.8 Å². The van der Waals surface area contributed by atoms with Gasteiger partial charge in [0.2, 0.25) is 10.0 Å². The fraction of sp³-hybridized carbons (Fsp3) is 0.364. The summed E-state index contributed by atoms with van der Waals surface area (Å²) in [5.74, 6) is 0.513. The van der Waals surface area contributed by atoms with Crippen LogP contribution in [0.3, 0.4) is 0 Å². The average Bonchev–Trinajstić information content (AvgIpc) is 3.46. The van der Waals surface area contributed by atoms with E-state index in [2.05, 4.69) is 15.5 Å². The van der Waals surface area contributed by atoms with E-state index < -0.39 is 10.0 Å². The number of carbonyl (C=O) groups excluding carboxylic acids is 1.